The third kappa shape index (κ3) is 4.09. The van der Waals surface area contributed by atoms with Gasteiger partial charge in [0.15, 0.2) is 5.79 Å². The number of aliphatic hydroxyl groups excluding tert-OH is 1. The second kappa shape index (κ2) is 8.09. The molecule has 28 heavy (non-hydrogen) atoms. The van der Waals surface area contributed by atoms with E-state index in [1.54, 1.807) is 0 Å². The third-order valence-corrected chi connectivity index (χ3v) is 10.4. The van der Waals surface area contributed by atoms with E-state index >= 15 is 0 Å². The molecule has 1 fully saturated rings. The zero-order chi connectivity index (χ0) is 20.4. The number of hydrogen-bond acceptors (Lipinski definition) is 4. The van der Waals surface area contributed by atoms with E-state index in [1.807, 2.05) is 26.0 Å². The lowest BCUT2D eigenvalue weighted by molar-refractivity contribution is -0.152. The summed E-state index contributed by atoms with van der Waals surface area (Å²) in [6, 6.07) is 20.9. The predicted octanol–water partition coefficient (Wildman–Crippen LogP) is 3.08. The normalized spacial score (nSPS) is 20.9. The van der Waals surface area contributed by atoms with Crippen LogP contribution >= 0.6 is 0 Å². The number of ether oxygens (including phenoxy) is 2. The molecule has 1 N–H and O–H groups in total. The third-order valence-electron chi connectivity index (χ3n) is 5.37. The van der Waals surface area contributed by atoms with Gasteiger partial charge in [0.25, 0.3) is 8.32 Å². The second-order valence-corrected chi connectivity index (χ2v) is 13.1. The summed E-state index contributed by atoms with van der Waals surface area (Å²) in [6.07, 6.45) is -0.769. The molecule has 152 valence electrons. The largest absolute Gasteiger partial charge is 0.399 e. The van der Waals surface area contributed by atoms with E-state index in [4.69, 9.17) is 13.9 Å². The highest BCUT2D eigenvalue weighted by molar-refractivity contribution is 6.99. The molecule has 2 aromatic carbocycles. The van der Waals surface area contributed by atoms with Crippen molar-refractivity contribution in [1.29, 1.82) is 0 Å². The highest BCUT2D eigenvalue weighted by Crippen LogP contribution is 2.38. The highest BCUT2D eigenvalue weighted by atomic mass is 28.4. The van der Waals surface area contributed by atoms with Gasteiger partial charge in [-0.2, -0.15) is 0 Å². The van der Waals surface area contributed by atoms with Gasteiger partial charge in [-0.1, -0.05) is 81.4 Å². The van der Waals surface area contributed by atoms with Gasteiger partial charge in [-0.25, -0.2) is 0 Å². The molecule has 0 amide bonds. The maximum absolute atomic E-state index is 10.2. The van der Waals surface area contributed by atoms with Crippen molar-refractivity contribution >= 4 is 18.7 Å². The fourth-order valence-electron chi connectivity index (χ4n) is 4.05. The van der Waals surface area contributed by atoms with Gasteiger partial charge in [0, 0.05) is 0 Å². The van der Waals surface area contributed by atoms with Gasteiger partial charge in [-0.15, -0.1) is 0 Å². The molecule has 0 saturated carbocycles. The summed E-state index contributed by atoms with van der Waals surface area (Å²) in [7, 11) is -2.74. The first-order chi connectivity index (χ1) is 13.2. The summed E-state index contributed by atoms with van der Waals surface area (Å²) < 4.78 is 18.8. The van der Waals surface area contributed by atoms with Crippen molar-refractivity contribution in [2.45, 2.75) is 57.7 Å². The van der Waals surface area contributed by atoms with Crippen LogP contribution in [-0.4, -0.2) is 44.6 Å². The van der Waals surface area contributed by atoms with E-state index in [2.05, 4.69) is 69.3 Å². The molecule has 0 aromatic heterocycles. The fourth-order valence-corrected chi connectivity index (χ4v) is 8.74. The van der Waals surface area contributed by atoms with E-state index < -0.39 is 20.2 Å². The first-order valence-electron chi connectivity index (χ1n) is 9.91. The summed E-state index contributed by atoms with van der Waals surface area (Å²) in [5.41, 5.74) is 0. The lowest BCUT2D eigenvalue weighted by Gasteiger charge is -2.45. The summed E-state index contributed by atoms with van der Waals surface area (Å²) >= 11 is 0. The summed E-state index contributed by atoms with van der Waals surface area (Å²) in [5, 5.41) is 12.5. The molecule has 0 unspecified atom stereocenters. The Hall–Kier alpha value is -1.50. The Morgan fingerprint density at radius 2 is 1.54 bits per heavy atom. The van der Waals surface area contributed by atoms with Gasteiger partial charge in [0.05, 0.1) is 19.3 Å². The molecule has 1 saturated heterocycles. The zero-order valence-electron chi connectivity index (χ0n) is 17.5. The molecule has 5 heteroatoms. The van der Waals surface area contributed by atoms with Gasteiger partial charge in [-0.05, 0) is 29.3 Å². The molecule has 1 heterocycles. The number of rotatable bonds is 6. The standard InChI is InChI=1S/C23H32O4Si/c1-22(2,3)28(18-12-8-6-9-13-18,19-14-10-7-11-15-19)27-20(16-24)21-17-25-23(4,5)26-21/h6-15,20-21,24H,16-17H2,1-5H3/t20-,21+/m0/s1. The van der Waals surface area contributed by atoms with Crippen LogP contribution in [0.25, 0.3) is 0 Å². The minimum Gasteiger partial charge on any atom is -0.399 e. The summed E-state index contributed by atoms with van der Waals surface area (Å²) in [5.74, 6) is -0.660. The maximum atomic E-state index is 10.2. The van der Waals surface area contributed by atoms with Crippen LogP contribution in [0.1, 0.15) is 34.6 Å². The Bertz CT molecular complexity index is 716. The Morgan fingerprint density at radius 1 is 1.04 bits per heavy atom. The van der Waals surface area contributed by atoms with Crippen molar-refractivity contribution in [3.05, 3.63) is 60.7 Å². The Kier molecular flexibility index (Phi) is 6.13. The molecule has 4 nitrogen and oxygen atoms in total. The van der Waals surface area contributed by atoms with Crippen LogP contribution in [0.5, 0.6) is 0 Å². The number of hydrogen-bond donors (Lipinski definition) is 1. The van der Waals surface area contributed by atoms with Gasteiger partial charge in [-0.3, -0.25) is 0 Å². The Morgan fingerprint density at radius 3 is 1.89 bits per heavy atom. The molecule has 0 aliphatic carbocycles. The van der Waals surface area contributed by atoms with Crippen LogP contribution in [0.15, 0.2) is 60.7 Å². The van der Waals surface area contributed by atoms with Crippen LogP contribution in [0.2, 0.25) is 5.04 Å². The molecule has 0 bridgehead atoms. The van der Waals surface area contributed by atoms with Crippen molar-refractivity contribution in [3.8, 4) is 0 Å². The quantitative estimate of drug-likeness (QED) is 0.757. The maximum Gasteiger partial charge on any atom is 0.261 e. The Balaban J connectivity index is 2.10. The van der Waals surface area contributed by atoms with E-state index in [0.29, 0.717) is 6.61 Å². The van der Waals surface area contributed by atoms with Gasteiger partial charge >= 0.3 is 0 Å². The molecule has 2 aromatic rings. The lowest BCUT2D eigenvalue weighted by Crippen LogP contribution is -2.69. The molecule has 1 aliphatic heterocycles. The van der Waals surface area contributed by atoms with Gasteiger partial charge in [0.2, 0.25) is 0 Å². The molecular formula is C23H32O4Si. The SMILES string of the molecule is CC1(C)OC[C@H]([C@H](CO)O[Si](c2ccccc2)(c2ccccc2)C(C)(C)C)O1. The van der Waals surface area contributed by atoms with Crippen LogP contribution in [0.4, 0.5) is 0 Å². The molecule has 1 aliphatic rings. The van der Waals surface area contributed by atoms with E-state index in [-0.39, 0.29) is 17.7 Å². The van der Waals surface area contributed by atoms with Crippen molar-refractivity contribution in [1.82, 2.24) is 0 Å². The summed E-state index contributed by atoms with van der Waals surface area (Å²) in [6.45, 7) is 10.8. The van der Waals surface area contributed by atoms with Crippen molar-refractivity contribution in [3.63, 3.8) is 0 Å². The lowest BCUT2D eigenvalue weighted by atomic mass is 10.2. The topological polar surface area (TPSA) is 47.9 Å². The summed E-state index contributed by atoms with van der Waals surface area (Å²) in [4.78, 5) is 0. The van der Waals surface area contributed by atoms with Crippen LogP contribution in [0.3, 0.4) is 0 Å². The average Bonchev–Trinajstić information content (AvgIpc) is 3.03. The van der Waals surface area contributed by atoms with Crippen LogP contribution in [0, 0.1) is 0 Å². The molecule has 3 rings (SSSR count). The van der Waals surface area contributed by atoms with Gasteiger partial charge < -0.3 is 19.0 Å². The minimum atomic E-state index is -2.74. The van der Waals surface area contributed by atoms with Gasteiger partial charge in [0.1, 0.15) is 6.10 Å². The number of aliphatic hydroxyl groups is 1. The van der Waals surface area contributed by atoms with Crippen molar-refractivity contribution in [2.24, 2.45) is 0 Å². The van der Waals surface area contributed by atoms with Crippen LogP contribution in [-0.2, 0) is 13.9 Å². The second-order valence-electron chi connectivity index (χ2n) is 8.87. The smallest absolute Gasteiger partial charge is 0.261 e. The predicted molar refractivity (Wildman–Crippen MR) is 114 cm³/mol. The Labute approximate surface area is 169 Å². The van der Waals surface area contributed by atoms with Crippen molar-refractivity contribution in [2.75, 3.05) is 13.2 Å². The zero-order valence-corrected chi connectivity index (χ0v) is 18.5. The monoisotopic (exact) mass is 400 g/mol. The minimum absolute atomic E-state index is 0.116. The highest BCUT2D eigenvalue weighted by Gasteiger charge is 2.53. The molecule has 2 atom stereocenters. The fraction of sp³-hybridized carbons (Fsp3) is 0.478. The first-order valence-corrected chi connectivity index (χ1v) is 11.8. The van der Waals surface area contributed by atoms with Crippen molar-refractivity contribution < 1.29 is 19.0 Å². The van der Waals surface area contributed by atoms with E-state index in [1.165, 1.54) is 10.4 Å². The molecular weight excluding hydrogens is 368 g/mol. The van der Waals surface area contributed by atoms with E-state index in [9.17, 15) is 5.11 Å². The van der Waals surface area contributed by atoms with Crippen LogP contribution < -0.4 is 10.4 Å². The average molecular weight is 401 g/mol. The van der Waals surface area contributed by atoms with E-state index in [0.717, 1.165) is 0 Å². The molecule has 0 spiro atoms. The molecule has 0 radical (unpaired) electrons. The number of benzene rings is 2. The first kappa shape index (κ1) is 21.2.